The summed E-state index contributed by atoms with van der Waals surface area (Å²) in [5.74, 6) is 0.732. The second kappa shape index (κ2) is 7.23. The van der Waals surface area contributed by atoms with Crippen molar-refractivity contribution in [1.82, 2.24) is 9.55 Å². The van der Waals surface area contributed by atoms with E-state index in [4.69, 9.17) is 11.6 Å². The molecule has 0 radical (unpaired) electrons. The average Bonchev–Trinajstić information content (AvgIpc) is 2.57. The summed E-state index contributed by atoms with van der Waals surface area (Å²) in [4.78, 5) is 17.3. The Balaban J connectivity index is 0.000000847. The van der Waals surface area contributed by atoms with Gasteiger partial charge in [0, 0.05) is 6.42 Å². The summed E-state index contributed by atoms with van der Waals surface area (Å²) in [6.45, 7) is 5.98. The Morgan fingerprint density at radius 2 is 1.73 bits per heavy atom. The molecule has 0 fully saturated rings. The predicted molar refractivity (Wildman–Crippen MR) is 93.1 cm³/mol. The molecule has 22 heavy (non-hydrogen) atoms. The van der Waals surface area contributed by atoms with Gasteiger partial charge in [0.15, 0.2) is 0 Å². The number of aromatic nitrogens is 2. The summed E-state index contributed by atoms with van der Waals surface area (Å²) in [5, 5.41) is 0.905. The Morgan fingerprint density at radius 3 is 2.36 bits per heavy atom. The van der Waals surface area contributed by atoms with Gasteiger partial charge in [-0.1, -0.05) is 56.6 Å². The highest BCUT2D eigenvalue weighted by molar-refractivity contribution is 6.35. The minimum atomic E-state index is -0.122. The van der Waals surface area contributed by atoms with E-state index in [9.17, 15) is 4.79 Å². The van der Waals surface area contributed by atoms with Crippen LogP contribution in [0.3, 0.4) is 0 Å². The van der Waals surface area contributed by atoms with Gasteiger partial charge in [0.2, 0.25) is 0 Å². The number of benzene rings is 2. The lowest BCUT2D eigenvalue weighted by Crippen LogP contribution is -2.23. The van der Waals surface area contributed by atoms with Crippen molar-refractivity contribution in [2.45, 2.75) is 27.2 Å². The van der Waals surface area contributed by atoms with E-state index in [0.29, 0.717) is 22.3 Å². The van der Waals surface area contributed by atoms with Crippen molar-refractivity contribution in [2.24, 2.45) is 0 Å². The molecule has 0 spiro atoms. The molecule has 0 saturated heterocycles. The maximum absolute atomic E-state index is 12.8. The standard InChI is InChI=1S/C16H13ClN2O.C2H6/c1-2-14-18-13-10-6-9-12(17)15(13)16(20)19(14)11-7-4-3-5-8-11;1-2/h3-10H,2H2,1H3;1-2H3. The van der Waals surface area contributed by atoms with Crippen LogP contribution in [0.5, 0.6) is 0 Å². The van der Waals surface area contributed by atoms with Crippen LogP contribution in [0.15, 0.2) is 53.3 Å². The van der Waals surface area contributed by atoms with E-state index in [-0.39, 0.29) is 5.56 Å². The first-order chi connectivity index (χ1) is 10.7. The van der Waals surface area contributed by atoms with Crippen LogP contribution in [0.4, 0.5) is 0 Å². The number of fused-ring (bicyclic) bond motifs is 1. The van der Waals surface area contributed by atoms with E-state index in [1.807, 2.05) is 63.2 Å². The van der Waals surface area contributed by atoms with Gasteiger partial charge in [0.1, 0.15) is 5.82 Å². The van der Waals surface area contributed by atoms with Crippen molar-refractivity contribution < 1.29 is 0 Å². The molecule has 2 aromatic carbocycles. The number of nitrogens with zero attached hydrogens (tertiary/aromatic N) is 2. The van der Waals surface area contributed by atoms with E-state index in [0.717, 1.165) is 11.5 Å². The molecule has 0 unspecified atom stereocenters. The van der Waals surface area contributed by atoms with Crippen LogP contribution < -0.4 is 5.56 Å². The highest BCUT2D eigenvalue weighted by Gasteiger charge is 2.13. The maximum Gasteiger partial charge on any atom is 0.267 e. The molecule has 0 N–H and O–H groups in total. The summed E-state index contributed by atoms with van der Waals surface area (Å²) >= 11 is 6.16. The Hall–Kier alpha value is -2.13. The molecule has 0 amide bonds. The summed E-state index contributed by atoms with van der Waals surface area (Å²) < 4.78 is 1.63. The van der Waals surface area contributed by atoms with E-state index in [1.165, 1.54) is 0 Å². The highest BCUT2D eigenvalue weighted by Crippen LogP contribution is 2.20. The third-order valence-corrected chi connectivity index (χ3v) is 3.56. The van der Waals surface area contributed by atoms with Crippen LogP contribution in [0.25, 0.3) is 16.6 Å². The molecule has 0 atom stereocenters. The van der Waals surface area contributed by atoms with Crippen molar-refractivity contribution in [3.63, 3.8) is 0 Å². The van der Waals surface area contributed by atoms with Gasteiger partial charge >= 0.3 is 0 Å². The Bertz CT molecular complexity index is 826. The molecule has 0 bridgehead atoms. The number of aryl methyl sites for hydroxylation is 1. The van der Waals surface area contributed by atoms with Gasteiger partial charge in [0.05, 0.1) is 21.6 Å². The summed E-state index contributed by atoms with van der Waals surface area (Å²) in [6.07, 6.45) is 0.673. The second-order valence-electron chi connectivity index (χ2n) is 4.49. The topological polar surface area (TPSA) is 34.9 Å². The average molecular weight is 315 g/mol. The summed E-state index contributed by atoms with van der Waals surface area (Å²) in [6, 6.07) is 14.8. The van der Waals surface area contributed by atoms with Crippen LogP contribution in [0.1, 0.15) is 26.6 Å². The third-order valence-electron chi connectivity index (χ3n) is 3.25. The van der Waals surface area contributed by atoms with Gasteiger partial charge < -0.3 is 0 Å². The lowest BCUT2D eigenvalue weighted by Gasteiger charge is -2.12. The quantitative estimate of drug-likeness (QED) is 0.691. The van der Waals surface area contributed by atoms with E-state index in [1.54, 1.807) is 10.6 Å². The lowest BCUT2D eigenvalue weighted by molar-refractivity contribution is 0.833. The van der Waals surface area contributed by atoms with E-state index in [2.05, 4.69) is 4.98 Å². The van der Waals surface area contributed by atoms with Crippen LogP contribution >= 0.6 is 11.6 Å². The largest absolute Gasteiger partial charge is 0.268 e. The molecule has 114 valence electrons. The number of hydrogen-bond donors (Lipinski definition) is 0. The number of hydrogen-bond acceptors (Lipinski definition) is 2. The normalized spacial score (nSPS) is 10.2. The molecule has 3 aromatic rings. The molecule has 3 nitrogen and oxygen atoms in total. The van der Waals surface area contributed by atoms with Crippen LogP contribution in [-0.2, 0) is 6.42 Å². The Kier molecular flexibility index (Phi) is 5.34. The molecular formula is C18H19ClN2O. The van der Waals surface area contributed by atoms with E-state index >= 15 is 0 Å². The second-order valence-corrected chi connectivity index (χ2v) is 4.90. The lowest BCUT2D eigenvalue weighted by atomic mass is 10.2. The van der Waals surface area contributed by atoms with Crippen molar-refractivity contribution in [3.8, 4) is 5.69 Å². The molecule has 1 aromatic heterocycles. The highest BCUT2D eigenvalue weighted by atomic mass is 35.5. The van der Waals surface area contributed by atoms with Crippen LogP contribution in [0.2, 0.25) is 5.02 Å². The monoisotopic (exact) mass is 314 g/mol. The minimum Gasteiger partial charge on any atom is -0.268 e. The molecule has 0 aliphatic heterocycles. The first kappa shape index (κ1) is 16.2. The molecule has 3 rings (SSSR count). The molecule has 4 heteroatoms. The molecule has 1 heterocycles. The van der Waals surface area contributed by atoms with Crippen LogP contribution in [-0.4, -0.2) is 9.55 Å². The van der Waals surface area contributed by atoms with Gasteiger partial charge in [0.25, 0.3) is 5.56 Å². The molecule has 0 saturated carbocycles. The van der Waals surface area contributed by atoms with E-state index < -0.39 is 0 Å². The summed E-state index contributed by atoms with van der Waals surface area (Å²) in [7, 11) is 0. The molecule has 0 aliphatic rings. The van der Waals surface area contributed by atoms with Crippen LogP contribution in [0, 0.1) is 0 Å². The number of rotatable bonds is 2. The zero-order chi connectivity index (χ0) is 16.1. The van der Waals surface area contributed by atoms with Gasteiger partial charge in [-0.05, 0) is 24.3 Å². The van der Waals surface area contributed by atoms with Gasteiger partial charge in [-0.25, -0.2) is 4.98 Å². The first-order valence-corrected chi connectivity index (χ1v) is 7.85. The summed E-state index contributed by atoms with van der Waals surface area (Å²) in [5.41, 5.74) is 1.33. The van der Waals surface area contributed by atoms with Crippen molar-refractivity contribution >= 4 is 22.5 Å². The maximum atomic E-state index is 12.8. The minimum absolute atomic E-state index is 0.122. The third kappa shape index (κ3) is 2.90. The van der Waals surface area contributed by atoms with Crippen molar-refractivity contribution in [3.05, 3.63) is 69.7 Å². The van der Waals surface area contributed by atoms with Crippen molar-refractivity contribution in [1.29, 1.82) is 0 Å². The molecule has 0 aliphatic carbocycles. The van der Waals surface area contributed by atoms with Gasteiger partial charge in [-0.3, -0.25) is 9.36 Å². The number of para-hydroxylation sites is 1. The number of halogens is 1. The SMILES string of the molecule is CC.CCc1nc2cccc(Cl)c2c(=O)n1-c1ccccc1. The molecular weight excluding hydrogens is 296 g/mol. The fourth-order valence-electron chi connectivity index (χ4n) is 2.32. The predicted octanol–water partition coefficient (Wildman–Crippen LogP) is 4.63. The smallest absolute Gasteiger partial charge is 0.267 e. The van der Waals surface area contributed by atoms with Crippen molar-refractivity contribution in [2.75, 3.05) is 0 Å². The fourth-order valence-corrected chi connectivity index (χ4v) is 2.57. The zero-order valence-corrected chi connectivity index (χ0v) is 13.8. The zero-order valence-electron chi connectivity index (χ0n) is 13.0. The van der Waals surface area contributed by atoms with Gasteiger partial charge in [-0.2, -0.15) is 0 Å². The Labute approximate surface area is 135 Å². The van der Waals surface area contributed by atoms with Gasteiger partial charge in [-0.15, -0.1) is 0 Å². The first-order valence-electron chi connectivity index (χ1n) is 7.48. The Morgan fingerprint density at radius 1 is 1.05 bits per heavy atom. The fraction of sp³-hybridized carbons (Fsp3) is 0.222.